The molecule has 0 aliphatic heterocycles. The maximum atomic E-state index is 13.8. The smallest absolute Gasteiger partial charge is 0.304 e. The molecule has 1 atom stereocenters. The first-order valence-corrected chi connectivity index (χ1v) is 14.2. The minimum absolute atomic E-state index is 0.0189. The number of rotatable bonds is 11. The van der Waals surface area contributed by atoms with Crippen LogP contribution in [-0.2, 0) is 26.3 Å². The third kappa shape index (κ3) is 7.50. The van der Waals surface area contributed by atoms with Gasteiger partial charge in [-0.3, -0.25) is 9.59 Å². The lowest BCUT2D eigenvalue weighted by atomic mass is 9.95. The molecule has 1 aliphatic carbocycles. The monoisotopic (exact) mass is 550 g/mol. The van der Waals surface area contributed by atoms with Crippen LogP contribution in [0.15, 0.2) is 48.5 Å². The molecular formula is C27H36F2N4O4S. The van der Waals surface area contributed by atoms with E-state index in [0.29, 0.717) is 12.0 Å². The van der Waals surface area contributed by atoms with Gasteiger partial charge in [-0.05, 0) is 61.2 Å². The first kappa shape index (κ1) is 29.5. The van der Waals surface area contributed by atoms with Crippen molar-refractivity contribution < 1.29 is 26.8 Å². The van der Waals surface area contributed by atoms with E-state index in [9.17, 15) is 26.8 Å². The number of hydrogen-bond donors (Lipinski definition) is 1. The van der Waals surface area contributed by atoms with Crippen molar-refractivity contribution in [1.82, 2.24) is 14.5 Å². The van der Waals surface area contributed by atoms with E-state index in [-0.39, 0.29) is 24.2 Å². The maximum Gasteiger partial charge on any atom is 0.304 e. The van der Waals surface area contributed by atoms with E-state index in [1.165, 1.54) is 55.4 Å². The Kier molecular flexibility index (Phi) is 10.2. The molecular weight excluding hydrogens is 514 g/mol. The van der Waals surface area contributed by atoms with Crippen molar-refractivity contribution in [1.29, 1.82) is 0 Å². The Bertz CT molecular complexity index is 1180. The van der Waals surface area contributed by atoms with Crippen LogP contribution in [0.2, 0.25) is 0 Å². The standard InChI is InChI=1S/C27H36F2N4O4S/c1-4-25(27(35)30-23-8-6-5-7-9-23)32(18-20-10-12-21(28)13-11-20)26(34)19-33(38(36,37)31(2)3)24-16-14-22(29)15-17-24/h10-17,23,25H,4-9,18-19H2,1-3H3,(H,30,35). The van der Waals surface area contributed by atoms with Crippen molar-refractivity contribution >= 4 is 27.7 Å². The van der Waals surface area contributed by atoms with Crippen molar-refractivity contribution in [2.75, 3.05) is 24.9 Å². The average molecular weight is 551 g/mol. The Morgan fingerprint density at radius 3 is 2.03 bits per heavy atom. The van der Waals surface area contributed by atoms with E-state index in [1.807, 2.05) is 0 Å². The van der Waals surface area contributed by atoms with Crippen LogP contribution in [0.25, 0.3) is 0 Å². The fourth-order valence-electron chi connectivity index (χ4n) is 4.57. The zero-order chi connectivity index (χ0) is 27.9. The van der Waals surface area contributed by atoms with Crippen molar-refractivity contribution in [2.45, 2.75) is 64.1 Å². The molecule has 2 aromatic rings. The van der Waals surface area contributed by atoms with E-state index < -0.39 is 40.3 Å². The van der Waals surface area contributed by atoms with E-state index in [4.69, 9.17) is 0 Å². The third-order valence-corrected chi connectivity index (χ3v) is 8.56. The lowest BCUT2D eigenvalue weighted by molar-refractivity contribution is -0.140. The third-order valence-electron chi connectivity index (χ3n) is 6.74. The van der Waals surface area contributed by atoms with E-state index in [2.05, 4.69) is 5.32 Å². The van der Waals surface area contributed by atoms with Crippen LogP contribution in [0.5, 0.6) is 0 Å². The Morgan fingerprint density at radius 1 is 0.947 bits per heavy atom. The molecule has 0 heterocycles. The summed E-state index contributed by atoms with van der Waals surface area (Å²) in [6, 6.07) is 9.52. The summed E-state index contributed by atoms with van der Waals surface area (Å²) >= 11 is 0. The molecule has 0 radical (unpaired) electrons. The molecule has 1 aliphatic rings. The largest absolute Gasteiger partial charge is 0.352 e. The van der Waals surface area contributed by atoms with Crippen LogP contribution < -0.4 is 9.62 Å². The van der Waals surface area contributed by atoms with Gasteiger partial charge in [0.25, 0.3) is 0 Å². The summed E-state index contributed by atoms with van der Waals surface area (Å²) in [6.45, 7) is 1.15. The molecule has 38 heavy (non-hydrogen) atoms. The van der Waals surface area contributed by atoms with Crippen molar-refractivity contribution in [2.24, 2.45) is 0 Å². The number of halogens is 2. The summed E-state index contributed by atoms with van der Waals surface area (Å²) in [7, 11) is -1.48. The molecule has 0 saturated heterocycles. The molecule has 0 aromatic heterocycles. The summed E-state index contributed by atoms with van der Waals surface area (Å²) in [6.07, 6.45) is 5.20. The number of nitrogens with one attached hydrogen (secondary N) is 1. The highest BCUT2D eigenvalue weighted by molar-refractivity contribution is 7.90. The second-order valence-corrected chi connectivity index (χ2v) is 11.8. The molecule has 1 unspecified atom stereocenters. The van der Waals surface area contributed by atoms with Gasteiger partial charge < -0.3 is 10.2 Å². The fraction of sp³-hybridized carbons (Fsp3) is 0.481. The topological polar surface area (TPSA) is 90.0 Å². The number of carbonyl (C=O) groups excluding carboxylic acids is 2. The number of anilines is 1. The van der Waals surface area contributed by atoms with Gasteiger partial charge in [0, 0.05) is 26.7 Å². The Labute approximate surface area is 223 Å². The maximum absolute atomic E-state index is 13.8. The molecule has 2 amide bonds. The number of carbonyl (C=O) groups is 2. The molecule has 2 aromatic carbocycles. The first-order chi connectivity index (χ1) is 18.0. The lowest BCUT2D eigenvalue weighted by Crippen LogP contribution is -2.54. The van der Waals surface area contributed by atoms with Crippen LogP contribution in [0.4, 0.5) is 14.5 Å². The summed E-state index contributed by atoms with van der Waals surface area (Å²) in [5.74, 6) is -1.91. The Balaban J connectivity index is 1.94. The number of nitrogens with zero attached hydrogens (tertiary/aromatic N) is 3. The molecule has 1 fully saturated rings. The predicted molar refractivity (Wildman–Crippen MR) is 142 cm³/mol. The van der Waals surface area contributed by atoms with E-state index in [0.717, 1.165) is 52.8 Å². The van der Waals surface area contributed by atoms with Gasteiger partial charge in [-0.2, -0.15) is 12.7 Å². The van der Waals surface area contributed by atoms with Gasteiger partial charge in [-0.1, -0.05) is 38.3 Å². The van der Waals surface area contributed by atoms with Gasteiger partial charge in [0.15, 0.2) is 0 Å². The van der Waals surface area contributed by atoms with Crippen LogP contribution in [0.1, 0.15) is 51.0 Å². The van der Waals surface area contributed by atoms with Gasteiger partial charge in [0.2, 0.25) is 11.8 Å². The van der Waals surface area contributed by atoms with Crippen molar-refractivity contribution in [3.05, 3.63) is 65.7 Å². The van der Waals surface area contributed by atoms with Crippen molar-refractivity contribution in [3.8, 4) is 0 Å². The van der Waals surface area contributed by atoms with Crippen molar-refractivity contribution in [3.63, 3.8) is 0 Å². The summed E-state index contributed by atoms with van der Waals surface area (Å²) in [4.78, 5) is 28.5. The summed E-state index contributed by atoms with van der Waals surface area (Å²) in [5.41, 5.74) is 0.697. The number of amides is 2. The molecule has 1 saturated carbocycles. The molecule has 208 valence electrons. The zero-order valence-corrected chi connectivity index (χ0v) is 22.9. The zero-order valence-electron chi connectivity index (χ0n) is 22.1. The van der Waals surface area contributed by atoms with Gasteiger partial charge in [-0.15, -0.1) is 0 Å². The second kappa shape index (κ2) is 13.1. The quantitative estimate of drug-likeness (QED) is 0.461. The van der Waals surface area contributed by atoms with Crippen LogP contribution >= 0.6 is 0 Å². The molecule has 3 rings (SSSR count). The molecule has 11 heteroatoms. The highest BCUT2D eigenvalue weighted by atomic mass is 32.2. The van der Waals surface area contributed by atoms with Gasteiger partial charge in [-0.25, -0.2) is 13.1 Å². The Morgan fingerprint density at radius 2 is 1.50 bits per heavy atom. The van der Waals surface area contributed by atoms with Gasteiger partial charge in [0.1, 0.15) is 24.2 Å². The first-order valence-electron chi connectivity index (χ1n) is 12.8. The minimum atomic E-state index is -4.14. The van der Waals surface area contributed by atoms with E-state index >= 15 is 0 Å². The van der Waals surface area contributed by atoms with Gasteiger partial charge in [0.05, 0.1) is 5.69 Å². The normalized spacial score (nSPS) is 15.2. The summed E-state index contributed by atoms with van der Waals surface area (Å²) < 4.78 is 55.3. The minimum Gasteiger partial charge on any atom is -0.352 e. The van der Waals surface area contributed by atoms with Gasteiger partial charge >= 0.3 is 10.2 Å². The average Bonchev–Trinajstić information content (AvgIpc) is 2.89. The highest BCUT2D eigenvalue weighted by Crippen LogP contribution is 2.23. The molecule has 8 nitrogen and oxygen atoms in total. The number of benzene rings is 2. The SMILES string of the molecule is CCC(C(=O)NC1CCCCC1)N(Cc1ccc(F)cc1)C(=O)CN(c1ccc(F)cc1)S(=O)(=O)N(C)C. The van der Waals surface area contributed by atoms with Crippen LogP contribution in [0, 0.1) is 11.6 Å². The van der Waals surface area contributed by atoms with E-state index in [1.54, 1.807) is 6.92 Å². The Hall–Kier alpha value is -3.05. The lowest BCUT2D eigenvalue weighted by Gasteiger charge is -2.35. The highest BCUT2D eigenvalue weighted by Gasteiger charge is 2.34. The number of hydrogen-bond acceptors (Lipinski definition) is 4. The van der Waals surface area contributed by atoms with Crippen LogP contribution in [-0.4, -0.2) is 62.2 Å². The molecule has 1 N–H and O–H groups in total. The molecule has 0 bridgehead atoms. The molecule has 0 spiro atoms. The second-order valence-electron chi connectivity index (χ2n) is 9.69. The fourth-order valence-corrected chi connectivity index (χ4v) is 5.63. The predicted octanol–water partition coefficient (Wildman–Crippen LogP) is 3.83. The van der Waals surface area contributed by atoms with Crippen LogP contribution in [0.3, 0.4) is 0 Å². The summed E-state index contributed by atoms with van der Waals surface area (Å²) in [5, 5.41) is 3.07.